The smallest absolute Gasteiger partial charge is 0.243 e. The van der Waals surface area contributed by atoms with Gasteiger partial charge in [-0.05, 0) is 53.6 Å². The minimum absolute atomic E-state index is 0.146. The Morgan fingerprint density at radius 2 is 2.04 bits per heavy atom. The zero-order valence-corrected chi connectivity index (χ0v) is 17.4. The third-order valence-corrected chi connectivity index (χ3v) is 7.36. The number of halogens is 1. The molecule has 1 aromatic heterocycles. The largest absolute Gasteiger partial charge is 0.325 e. The summed E-state index contributed by atoms with van der Waals surface area (Å²) in [6.07, 6.45) is 0.779. The van der Waals surface area contributed by atoms with Crippen molar-refractivity contribution in [2.45, 2.75) is 24.8 Å². The van der Waals surface area contributed by atoms with Crippen molar-refractivity contribution in [1.29, 1.82) is 0 Å². The normalized spacial score (nSPS) is 16.8. The number of hydrogen-bond donors (Lipinski definition) is 1. The molecule has 0 spiro atoms. The Hall–Kier alpha value is -1.45. The molecule has 2 heterocycles. The number of anilines is 1. The number of rotatable bonds is 5. The summed E-state index contributed by atoms with van der Waals surface area (Å²) in [6, 6.07) is 6.51. The summed E-state index contributed by atoms with van der Waals surface area (Å²) in [6.45, 7) is 4.69. The number of nitrogens with zero attached hydrogens (tertiary/aromatic N) is 2. The molecule has 3 rings (SSSR count). The van der Waals surface area contributed by atoms with Crippen LogP contribution in [0.15, 0.2) is 39.9 Å². The predicted octanol–water partition coefficient (Wildman–Crippen LogP) is 3.26. The molecule has 1 aliphatic heterocycles. The van der Waals surface area contributed by atoms with E-state index in [1.165, 1.54) is 35.0 Å². The van der Waals surface area contributed by atoms with Gasteiger partial charge < -0.3 is 5.32 Å². The fourth-order valence-electron chi connectivity index (χ4n) is 3.08. The summed E-state index contributed by atoms with van der Waals surface area (Å²) in [5, 5.41) is 6.97. The predicted molar refractivity (Wildman–Crippen MR) is 109 cm³/mol. The van der Waals surface area contributed by atoms with Gasteiger partial charge in [-0.1, -0.05) is 11.6 Å². The van der Waals surface area contributed by atoms with E-state index in [4.69, 9.17) is 11.6 Å². The lowest BCUT2D eigenvalue weighted by Gasteiger charge is -2.22. The average molecular weight is 428 g/mol. The molecule has 146 valence electrons. The highest BCUT2D eigenvalue weighted by molar-refractivity contribution is 7.89. The van der Waals surface area contributed by atoms with Gasteiger partial charge in [0.25, 0.3) is 0 Å². The van der Waals surface area contributed by atoms with Crippen molar-refractivity contribution in [1.82, 2.24) is 9.21 Å². The van der Waals surface area contributed by atoms with Crippen molar-refractivity contribution in [3.05, 3.63) is 45.6 Å². The molecule has 9 heteroatoms. The van der Waals surface area contributed by atoms with Crippen LogP contribution in [0.5, 0.6) is 0 Å². The molecule has 1 N–H and O–H groups in total. The van der Waals surface area contributed by atoms with E-state index in [0.717, 1.165) is 19.5 Å². The van der Waals surface area contributed by atoms with E-state index in [0.29, 0.717) is 25.3 Å². The first-order valence-corrected chi connectivity index (χ1v) is 11.4. The third-order valence-electron chi connectivity index (χ3n) is 4.42. The minimum Gasteiger partial charge on any atom is -0.325 e. The van der Waals surface area contributed by atoms with Gasteiger partial charge in [0, 0.05) is 33.1 Å². The van der Waals surface area contributed by atoms with Crippen molar-refractivity contribution >= 4 is 44.6 Å². The lowest BCUT2D eigenvalue weighted by molar-refractivity contribution is -0.114. The van der Waals surface area contributed by atoms with Crippen LogP contribution in [0.1, 0.15) is 18.9 Å². The lowest BCUT2D eigenvalue weighted by atomic mass is 10.3. The van der Waals surface area contributed by atoms with Crippen molar-refractivity contribution in [3.63, 3.8) is 0 Å². The molecule has 0 saturated carbocycles. The molecule has 0 atom stereocenters. The fourth-order valence-corrected chi connectivity index (χ4v) is 5.53. The molecule has 1 amide bonds. The van der Waals surface area contributed by atoms with Gasteiger partial charge in [0.05, 0.1) is 15.6 Å². The molecule has 1 aromatic carbocycles. The summed E-state index contributed by atoms with van der Waals surface area (Å²) < 4.78 is 27.5. The average Bonchev–Trinajstić information content (AvgIpc) is 3.00. The van der Waals surface area contributed by atoms with Crippen LogP contribution in [-0.2, 0) is 21.4 Å². The second-order valence-electron chi connectivity index (χ2n) is 6.49. The van der Waals surface area contributed by atoms with Crippen LogP contribution in [-0.4, -0.2) is 49.7 Å². The third kappa shape index (κ3) is 5.08. The van der Waals surface area contributed by atoms with Gasteiger partial charge in [-0.25, -0.2) is 8.42 Å². The number of nitrogens with one attached hydrogen (secondary N) is 1. The lowest BCUT2D eigenvalue weighted by Crippen LogP contribution is -2.35. The Morgan fingerprint density at radius 1 is 1.22 bits per heavy atom. The molecule has 1 aliphatic rings. The van der Waals surface area contributed by atoms with Crippen LogP contribution in [0.4, 0.5) is 5.69 Å². The maximum atomic E-state index is 13.0. The Morgan fingerprint density at radius 3 is 2.70 bits per heavy atom. The maximum absolute atomic E-state index is 13.0. The monoisotopic (exact) mass is 427 g/mol. The fraction of sp³-hybridized carbons (Fsp3) is 0.389. The Kier molecular flexibility index (Phi) is 6.54. The van der Waals surface area contributed by atoms with Gasteiger partial charge in [0.1, 0.15) is 0 Å². The second-order valence-corrected chi connectivity index (χ2v) is 9.61. The van der Waals surface area contributed by atoms with Crippen LogP contribution in [0.25, 0.3) is 0 Å². The van der Waals surface area contributed by atoms with Crippen molar-refractivity contribution < 1.29 is 13.2 Å². The minimum atomic E-state index is -3.63. The van der Waals surface area contributed by atoms with E-state index >= 15 is 0 Å². The van der Waals surface area contributed by atoms with Crippen molar-refractivity contribution in [3.8, 4) is 0 Å². The molecule has 0 bridgehead atoms. The molecule has 1 fully saturated rings. The first-order valence-electron chi connectivity index (χ1n) is 8.67. The van der Waals surface area contributed by atoms with Crippen molar-refractivity contribution in [2.75, 3.05) is 31.5 Å². The highest BCUT2D eigenvalue weighted by Gasteiger charge is 2.27. The van der Waals surface area contributed by atoms with Crippen molar-refractivity contribution in [2.24, 2.45) is 0 Å². The number of carbonyl (C=O) groups is 1. The first kappa shape index (κ1) is 20.3. The molecule has 0 unspecified atom stereocenters. The van der Waals surface area contributed by atoms with E-state index in [-0.39, 0.29) is 15.8 Å². The standard InChI is InChI=1S/C18H22ClN3O3S2/c1-14(23)20-18-4-3-16(11-17(18)19)27(24,25)22-7-2-6-21(8-9-22)12-15-5-10-26-13-15/h3-5,10-11,13H,2,6-9,12H2,1H3,(H,20,23). The quantitative estimate of drug-likeness (QED) is 0.795. The second kappa shape index (κ2) is 8.70. The number of thiophene rings is 1. The highest BCUT2D eigenvalue weighted by Crippen LogP contribution is 2.27. The molecule has 2 aromatic rings. The van der Waals surface area contributed by atoms with Gasteiger partial charge in [-0.15, -0.1) is 0 Å². The zero-order valence-electron chi connectivity index (χ0n) is 15.0. The van der Waals surface area contributed by atoms with E-state index in [9.17, 15) is 13.2 Å². The van der Waals surface area contributed by atoms with Gasteiger partial charge in [-0.3, -0.25) is 9.69 Å². The van der Waals surface area contributed by atoms with Gasteiger partial charge in [0.2, 0.25) is 15.9 Å². The topological polar surface area (TPSA) is 69.7 Å². The molecule has 6 nitrogen and oxygen atoms in total. The summed E-state index contributed by atoms with van der Waals surface area (Å²) in [4.78, 5) is 13.6. The summed E-state index contributed by atoms with van der Waals surface area (Å²) in [7, 11) is -3.63. The molecule has 1 saturated heterocycles. The molecule has 0 radical (unpaired) electrons. The zero-order chi connectivity index (χ0) is 19.4. The van der Waals surface area contributed by atoms with Crippen LogP contribution in [0.2, 0.25) is 5.02 Å². The SMILES string of the molecule is CC(=O)Nc1ccc(S(=O)(=O)N2CCCN(Cc3ccsc3)CC2)cc1Cl. The Bertz CT molecular complexity index is 901. The molecular weight excluding hydrogens is 406 g/mol. The van der Waals surface area contributed by atoms with Gasteiger partial charge >= 0.3 is 0 Å². The van der Waals surface area contributed by atoms with Gasteiger partial charge in [-0.2, -0.15) is 15.6 Å². The van der Waals surface area contributed by atoms with Gasteiger partial charge in [0.15, 0.2) is 0 Å². The van der Waals surface area contributed by atoms with Crippen LogP contribution in [0, 0.1) is 0 Å². The Balaban J connectivity index is 1.71. The number of amides is 1. The maximum Gasteiger partial charge on any atom is 0.243 e. The van der Waals surface area contributed by atoms with Crippen LogP contribution >= 0.6 is 22.9 Å². The summed E-state index contributed by atoms with van der Waals surface area (Å²) in [5.74, 6) is -0.259. The first-order chi connectivity index (χ1) is 12.9. The molecule has 0 aliphatic carbocycles. The molecule has 27 heavy (non-hydrogen) atoms. The number of sulfonamides is 1. The van der Waals surface area contributed by atoms with E-state index in [1.807, 2.05) is 0 Å². The Labute approximate surface area is 168 Å². The number of hydrogen-bond acceptors (Lipinski definition) is 5. The molecular formula is C18H22ClN3O3S2. The van der Waals surface area contributed by atoms with E-state index in [2.05, 4.69) is 27.0 Å². The van der Waals surface area contributed by atoms with E-state index in [1.54, 1.807) is 11.3 Å². The summed E-state index contributed by atoms with van der Waals surface area (Å²) >= 11 is 7.82. The van der Waals surface area contributed by atoms with E-state index < -0.39 is 10.0 Å². The number of benzene rings is 1. The van der Waals surface area contributed by atoms with Crippen LogP contribution in [0.3, 0.4) is 0 Å². The summed E-state index contributed by atoms with van der Waals surface area (Å²) in [5.41, 5.74) is 1.66. The van der Waals surface area contributed by atoms with Crippen LogP contribution < -0.4 is 5.32 Å². The highest BCUT2D eigenvalue weighted by atomic mass is 35.5. The number of carbonyl (C=O) groups excluding carboxylic acids is 1.